The van der Waals surface area contributed by atoms with E-state index >= 15 is 0 Å². The Labute approximate surface area is 311 Å². The van der Waals surface area contributed by atoms with Crippen LogP contribution in [-0.2, 0) is 25.6 Å². The number of para-hydroxylation sites is 1. The monoisotopic (exact) mass is 737 g/mol. The van der Waals surface area contributed by atoms with E-state index < -0.39 is 53.5 Å². The zero-order valence-electron chi connectivity index (χ0n) is 30.0. The molecule has 2 bridgehead atoms. The summed E-state index contributed by atoms with van der Waals surface area (Å²) in [5.41, 5.74) is 0.680. The fourth-order valence-corrected chi connectivity index (χ4v) is 6.48. The van der Waals surface area contributed by atoms with Gasteiger partial charge in [0, 0.05) is 44.7 Å². The Balaban J connectivity index is 1.24. The van der Waals surface area contributed by atoms with E-state index in [2.05, 4.69) is 31.2 Å². The Hall–Kier alpha value is -6.09. The maximum atomic E-state index is 14.3. The molecule has 3 aliphatic rings. The summed E-state index contributed by atoms with van der Waals surface area (Å²) in [6, 6.07) is 17.4. The summed E-state index contributed by atoms with van der Waals surface area (Å²) in [4.78, 5) is 78.4. The van der Waals surface area contributed by atoms with E-state index in [0.29, 0.717) is 28.1 Å². The molecule has 0 aliphatic carbocycles. The average Bonchev–Trinajstić information content (AvgIpc) is 3.18. The van der Waals surface area contributed by atoms with Crippen LogP contribution in [0.25, 0.3) is 11.0 Å². The lowest BCUT2D eigenvalue weighted by molar-refractivity contribution is -0.145. The van der Waals surface area contributed by atoms with E-state index in [9.17, 15) is 29.1 Å². The number of amides is 5. The minimum Gasteiger partial charge on any atom is -0.492 e. The van der Waals surface area contributed by atoms with E-state index in [0.717, 1.165) is 5.56 Å². The summed E-state index contributed by atoms with van der Waals surface area (Å²) < 4.78 is 12.2. The third kappa shape index (κ3) is 8.74. The number of aliphatic hydroxyl groups is 1. The molecule has 3 aromatic carbocycles. The minimum atomic E-state index is -1.55. The van der Waals surface area contributed by atoms with Crippen molar-refractivity contribution in [2.45, 2.75) is 62.9 Å². The molecule has 54 heavy (non-hydrogen) atoms. The molecule has 1 saturated heterocycles. The SMILES string of the molecule is C[C@@H]1NC(=O)C([C@@H](C)O)NC(=O)C2(CCN(C(=O)c3cccc4nccnc34)CC2)Oc2ccc(cc2)OCCNC(=O)[C@H](Cc2ccccc2)NC1=O. The fourth-order valence-electron chi connectivity index (χ4n) is 6.48. The smallest absolute Gasteiger partial charge is 0.265 e. The van der Waals surface area contributed by atoms with Crippen molar-refractivity contribution in [3.63, 3.8) is 0 Å². The maximum Gasteiger partial charge on any atom is 0.265 e. The number of aromatic nitrogens is 2. The molecule has 0 saturated carbocycles. The average molecular weight is 738 g/mol. The van der Waals surface area contributed by atoms with E-state index in [1.807, 2.05) is 30.3 Å². The van der Waals surface area contributed by atoms with Crippen LogP contribution in [0.1, 0.15) is 42.6 Å². The molecule has 3 aliphatic heterocycles. The summed E-state index contributed by atoms with van der Waals surface area (Å²) in [6.45, 7) is 3.31. The molecule has 282 valence electrons. The Morgan fingerprint density at radius 3 is 2.30 bits per heavy atom. The number of hydrogen-bond acceptors (Lipinski definition) is 10. The lowest BCUT2D eigenvalue weighted by Crippen LogP contribution is -2.63. The van der Waals surface area contributed by atoms with Gasteiger partial charge in [-0.1, -0.05) is 36.4 Å². The number of ether oxygens (including phenoxy) is 2. The number of aliphatic hydroxyl groups excluding tert-OH is 1. The third-order valence-electron chi connectivity index (χ3n) is 9.53. The first-order valence-corrected chi connectivity index (χ1v) is 17.9. The van der Waals surface area contributed by atoms with E-state index in [1.54, 1.807) is 53.6 Å². The van der Waals surface area contributed by atoms with E-state index in [1.165, 1.54) is 20.0 Å². The molecule has 1 unspecified atom stereocenters. The van der Waals surface area contributed by atoms with Crippen LogP contribution in [0.5, 0.6) is 11.5 Å². The van der Waals surface area contributed by atoms with Gasteiger partial charge in [-0.25, -0.2) is 0 Å². The predicted octanol–water partition coefficient (Wildman–Crippen LogP) is 1.29. The van der Waals surface area contributed by atoms with Gasteiger partial charge >= 0.3 is 0 Å². The Morgan fingerprint density at radius 1 is 0.870 bits per heavy atom. The van der Waals surface area contributed by atoms with Gasteiger partial charge in [0.2, 0.25) is 17.7 Å². The first-order chi connectivity index (χ1) is 26.0. The lowest BCUT2D eigenvalue weighted by atomic mass is 9.88. The van der Waals surface area contributed by atoms with Gasteiger partial charge in [0.25, 0.3) is 11.8 Å². The van der Waals surface area contributed by atoms with Crippen molar-refractivity contribution in [1.29, 1.82) is 0 Å². The summed E-state index contributed by atoms with van der Waals surface area (Å²) in [7, 11) is 0. The van der Waals surface area contributed by atoms with Gasteiger partial charge in [0.1, 0.15) is 41.7 Å². The predicted molar refractivity (Wildman–Crippen MR) is 196 cm³/mol. The molecule has 7 rings (SSSR count). The fraction of sp³-hybridized carbons (Fsp3) is 0.359. The highest BCUT2D eigenvalue weighted by atomic mass is 16.5. The number of carbonyl (C=O) groups is 5. The van der Waals surface area contributed by atoms with Crippen molar-refractivity contribution in [2.75, 3.05) is 26.2 Å². The van der Waals surface area contributed by atoms with Gasteiger partial charge in [-0.3, -0.25) is 33.9 Å². The third-order valence-corrected chi connectivity index (χ3v) is 9.53. The van der Waals surface area contributed by atoms with Crippen LogP contribution < -0.4 is 30.7 Å². The molecule has 1 aromatic heterocycles. The number of likely N-dealkylation sites (tertiary alicyclic amines) is 1. The number of hydrogen-bond donors (Lipinski definition) is 5. The van der Waals surface area contributed by atoms with Crippen molar-refractivity contribution in [3.05, 3.63) is 96.3 Å². The van der Waals surface area contributed by atoms with Gasteiger partial charge in [-0.05, 0) is 55.8 Å². The van der Waals surface area contributed by atoms with Gasteiger partial charge in [-0.15, -0.1) is 0 Å². The normalized spacial score (nSPS) is 21.8. The highest BCUT2D eigenvalue weighted by Crippen LogP contribution is 2.32. The maximum absolute atomic E-state index is 14.3. The molecular weight excluding hydrogens is 694 g/mol. The van der Waals surface area contributed by atoms with Crippen LogP contribution in [0.2, 0.25) is 0 Å². The van der Waals surface area contributed by atoms with Crippen LogP contribution in [0.15, 0.2) is 85.2 Å². The van der Waals surface area contributed by atoms with E-state index in [4.69, 9.17) is 9.47 Å². The lowest BCUT2D eigenvalue weighted by Gasteiger charge is -2.41. The highest BCUT2D eigenvalue weighted by Gasteiger charge is 2.47. The quantitative estimate of drug-likeness (QED) is 0.190. The summed E-state index contributed by atoms with van der Waals surface area (Å²) in [6.07, 6.45) is 1.99. The molecule has 15 nitrogen and oxygen atoms in total. The second kappa shape index (κ2) is 16.7. The van der Waals surface area contributed by atoms with Gasteiger partial charge in [0.05, 0.1) is 23.7 Å². The Kier molecular flexibility index (Phi) is 11.7. The van der Waals surface area contributed by atoms with Gasteiger partial charge < -0.3 is 40.7 Å². The van der Waals surface area contributed by atoms with Crippen molar-refractivity contribution in [2.24, 2.45) is 0 Å². The molecule has 1 spiro atoms. The molecule has 0 radical (unpaired) electrons. The number of piperidine rings is 1. The molecule has 4 atom stereocenters. The Morgan fingerprint density at radius 2 is 1.57 bits per heavy atom. The van der Waals surface area contributed by atoms with Crippen molar-refractivity contribution >= 4 is 40.6 Å². The summed E-state index contributed by atoms with van der Waals surface area (Å²) in [5, 5.41) is 21.5. The highest BCUT2D eigenvalue weighted by molar-refractivity contribution is 6.05. The van der Waals surface area contributed by atoms with E-state index in [-0.39, 0.29) is 51.4 Å². The first kappa shape index (κ1) is 37.7. The number of benzene rings is 3. The second-order valence-corrected chi connectivity index (χ2v) is 13.4. The van der Waals surface area contributed by atoms with Crippen LogP contribution >= 0.6 is 0 Å². The minimum absolute atomic E-state index is 0.0503. The molecule has 1 fully saturated rings. The number of fused-ring (bicyclic) bond motifs is 16. The molecule has 4 aromatic rings. The summed E-state index contributed by atoms with van der Waals surface area (Å²) >= 11 is 0. The topological polar surface area (TPSA) is 201 Å². The molecule has 4 heterocycles. The van der Waals surface area contributed by atoms with Gasteiger partial charge in [0.15, 0.2) is 5.60 Å². The first-order valence-electron chi connectivity index (χ1n) is 17.9. The molecular formula is C39H43N7O8. The Bertz CT molecular complexity index is 1980. The van der Waals surface area contributed by atoms with Crippen LogP contribution in [0.3, 0.4) is 0 Å². The van der Waals surface area contributed by atoms with Crippen molar-refractivity contribution in [3.8, 4) is 11.5 Å². The van der Waals surface area contributed by atoms with Crippen LogP contribution in [-0.4, -0.2) is 106 Å². The number of carbonyl (C=O) groups excluding carboxylic acids is 5. The number of nitrogens with zero attached hydrogens (tertiary/aromatic N) is 3. The van der Waals surface area contributed by atoms with Crippen molar-refractivity contribution in [1.82, 2.24) is 36.1 Å². The molecule has 5 N–H and O–H groups in total. The molecule has 5 amide bonds. The van der Waals surface area contributed by atoms with Crippen LogP contribution in [0.4, 0.5) is 0 Å². The zero-order valence-corrected chi connectivity index (χ0v) is 30.0. The summed E-state index contributed by atoms with van der Waals surface area (Å²) in [5.74, 6) is -2.05. The standard InChI is InChI=1S/C39H43N7O8/c1-24-34(48)44-31(23-26-7-4-3-5-8-26)35(49)42-19-22-53-27-11-13-28(14-12-27)54-39(38(52)45-32(25(2)47)36(50)43-24)15-20-46(21-16-39)37(51)29-9-6-10-30-33(29)41-18-17-40-30/h3-14,17-18,24-25,31-32,47H,15-16,19-23H2,1-2H3,(H,42,49)(H,43,50)(H,44,48)(H,45,52)/t24-,25+,31-,32?/m0/s1. The number of nitrogens with one attached hydrogen (secondary N) is 4. The number of rotatable bonds is 4. The second-order valence-electron chi connectivity index (χ2n) is 13.4. The van der Waals surface area contributed by atoms with Gasteiger partial charge in [-0.2, -0.15) is 0 Å². The zero-order chi connectivity index (χ0) is 38.2. The van der Waals surface area contributed by atoms with Crippen molar-refractivity contribution < 1.29 is 38.6 Å². The molecule has 15 heteroatoms. The van der Waals surface area contributed by atoms with Crippen LogP contribution in [0, 0.1) is 0 Å². The largest absolute Gasteiger partial charge is 0.492 e.